The van der Waals surface area contributed by atoms with Crippen LogP contribution in [0.5, 0.6) is 0 Å². The highest BCUT2D eigenvalue weighted by molar-refractivity contribution is 6.13. The molecular formula is C45H29N3. The van der Waals surface area contributed by atoms with Crippen molar-refractivity contribution in [2.45, 2.75) is 0 Å². The van der Waals surface area contributed by atoms with E-state index in [9.17, 15) is 0 Å². The van der Waals surface area contributed by atoms with Crippen LogP contribution in [0.25, 0.3) is 88.7 Å². The van der Waals surface area contributed by atoms with Crippen molar-refractivity contribution in [1.29, 1.82) is 0 Å². The number of aromatic nitrogens is 3. The molecule has 0 aliphatic heterocycles. The van der Waals surface area contributed by atoms with Crippen molar-refractivity contribution in [2.24, 2.45) is 0 Å². The Kier molecular flexibility index (Phi) is 5.61. The van der Waals surface area contributed by atoms with E-state index in [4.69, 9.17) is 21.8 Å². The summed E-state index contributed by atoms with van der Waals surface area (Å²) in [5, 5.41) is 6.13. The first kappa shape index (κ1) is 23.0. The third-order valence-electron chi connectivity index (χ3n) is 8.80. The third-order valence-corrected chi connectivity index (χ3v) is 8.80. The summed E-state index contributed by atoms with van der Waals surface area (Å²) in [6, 6.07) is 46.9. The molecule has 0 aliphatic rings. The Labute approximate surface area is 285 Å². The molecule has 9 aromatic rings. The Morgan fingerprint density at radius 1 is 0.354 bits per heavy atom. The predicted octanol–water partition coefficient (Wildman–Crippen LogP) is 11.7. The van der Waals surface area contributed by atoms with Gasteiger partial charge in [0.05, 0.1) is 6.85 Å². The van der Waals surface area contributed by atoms with Gasteiger partial charge in [0, 0.05) is 22.1 Å². The lowest BCUT2D eigenvalue weighted by Crippen LogP contribution is -2.01. The summed E-state index contributed by atoms with van der Waals surface area (Å²) in [5.74, 6) is 1.68. The smallest absolute Gasteiger partial charge is 0.164 e. The summed E-state index contributed by atoms with van der Waals surface area (Å²) in [5.41, 5.74) is 5.22. The second-order valence-electron chi connectivity index (χ2n) is 11.6. The zero-order valence-electron chi connectivity index (χ0n) is 30.7. The van der Waals surface area contributed by atoms with Gasteiger partial charge in [-0.05, 0) is 55.3 Å². The summed E-state index contributed by atoms with van der Waals surface area (Å²) in [6.45, 7) is 0. The number of benzene rings is 8. The van der Waals surface area contributed by atoms with E-state index in [1.807, 2.05) is 97.1 Å². The first-order chi connectivity index (χ1) is 25.9. The van der Waals surface area contributed by atoms with E-state index in [-0.39, 0.29) is 29.7 Å². The molecule has 0 saturated carbocycles. The Morgan fingerprint density at radius 3 is 1.71 bits per heavy atom. The Morgan fingerprint density at radius 2 is 0.917 bits per heavy atom. The standard InChI is InChI=1S/C45H29N3/c1-3-13-30(14-4-1)36-27-28-37(40-23-10-9-22-39(36)40)34-19-11-20-35(29-34)44-46-43(33-16-5-2-6-17-33)47-45(48-44)41-24-12-18-32-26-25-31-15-7-8-21-38(31)42(32)41/h1-29H/i1D,3D,4D,13D,14D. The number of rotatable bonds is 5. The highest BCUT2D eigenvalue weighted by Crippen LogP contribution is 2.38. The molecule has 0 N–H and O–H groups in total. The van der Waals surface area contributed by atoms with E-state index >= 15 is 0 Å². The normalized spacial score (nSPS) is 12.8. The lowest BCUT2D eigenvalue weighted by Gasteiger charge is -2.14. The molecule has 0 radical (unpaired) electrons. The summed E-state index contributed by atoms with van der Waals surface area (Å²) in [7, 11) is 0. The molecular weight excluding hydrogens is 583 g/mol. The molecule has 0 unspecified atom stereocenters. The Hall–Kier alpha value is -6.45. The van der Waals surface area contributed by atoms with E-state index < -0.39 is 6.04 Å². The zero-order chi connectivity index (χ0) is 36.2. The summed E-state index contributed by atoms with van der Waals surface area (Å²) in [4.78, 5) is 15.2. The fourth-order valence-corrected chi connectivity index (χ4v) is 6.57. The summed E-state index contributed by atoms with van der Waals surface area (Å²) < 4.78 is 41.9. The lowest BCUT2D eigenvalue weighted by atomic mass is 9.91. The van der Waals surface area contributed by atoms with Crippen LogP contribution in [0.15, 0.2) is 176 Å². The van der Waals surface area contributed by atoms with Gasteiger partial charge in [-0.3, -0.25) is 0 Å². The van der Waals surface area contributed by atoms with Crippen LogP contribution in [0.2, 0.25) is 0 Å². The van der Waals surface area contributed by atoms with Gasteiger partial charge in [-0.2, -0.15) is 0 Å². The van der Waals surface area contributed by atoms with Crippen LogP contribution in [0.1, 0.15) is 6.85 Å². The maximum Gasteiger partial charge on any atom is 0.164 e. The van der Waals surface area contributed by atoms with Gasteiger partial charge in [0.1, 0.15) is 0 Å². The molecule has 3 nitrogen and oxygen atoms in total. The van der Waals surface area contributed by atoms with E-state index in [2.05, 4.69) is 48.5 Å². The maximum absolute atomic E-state index is 8.64. The average Bonchev–Trinajstić information content (AvgIpc) is 3.22. The van der Waals surface area contributed by atoms with Crippen molar-refractivity contribution in [3.05, 3.63) is 176 Å². The van der Waals surface area contributed by atoms with Gasteiger partial charge in [0.15, 0.2) is 17.5 Å². The number of hydrogen-bond donors (Lipinski definition) is 0. The van der Waals surface area contributed by atoms with Gasteiger partial charge in [-0.15, -0.1) is 0 Å². The minimum atomic E-state index is -0.410. The molecule has 0 atom stereocenters. The van der Waals surface area contributed by atoms with Gasteiger partial charge >= 0.3 is 0 Å². The van der Waals surface area contributed by atoms with Crippen LogP contribution in [-0.2, 0) is 0 Å². The van der Waals surface area contributed by atoms with Crippen molar-refractivity contribution in [2.75, 3.05) is 0 Å². The zero-order valence-corrected chi connectivity index (χ0v) is 25.7. The van der Waals surface area contributed by atoms with Crippen molar-refractivity contribution >= 4 is 32.3 Å². The van der Waals surface area contributed by atoms with Gasteiger partial charge in [0.25, 0.3) is 0 Å². The largest absolute Gasteiger partial charge is 0.208 e. The van der Waals surface area contributed by atoms with Crippen molar-refractivity contribution in [3.63, 3.8) is 0 Å². The highest BCUT2D eigenvalue weighted by Gasteiger charge is 2.17. The van der Waals surface area contributed by atoms with Crippen LogP contribution in [0.4, 0.5) is 0 Å². The van der Waals surface area contributed by atoms with Gasteiger partial charge in [-0.1, -0.05) is 170 Å². The predicted molar refractivity (Wildman–Crippen MR) is 200 cm³/mol. The number of hydrogen-bond acceptors (Lipinski definition) is 3. The van der Waals surface area contributed by atoms with Gasteiger partial charge in [-0.25, -0.2) is 15.0 Å². The van der Waals surface area contributed by atoms with Crippen molar-refractivity contribution < 1.29 is 6.85 Å². The average molecular weight is 617 g/mol. The quantitative estimate of drug-likeness (QED) is 0.181. The van der Waals surface area contributed by atoms with Gasteiger partial charge < -0.3 is 0 Å². The molecule has 0 aliphatic carbocycles. The molecule has 1 aromatic heterocycles. The monoisotopic (exact) mass is 616 g/mol. The van der Waals surface area contributed by atoms with E-state index in [0.29, 0.717) is 23.0 Å². The van der Waals surface area contributed by atoms with Crippen molar-refractivity contribution in [1.82, 2.24) is 15.0 Å². The third kappa shape index (κ3) is 4.90. The Balaban J connectivity index is 1.23. The molecule has 0 amide bonds. The van der Waals surface area contributed by atoms with Crippen LogP contribution in [0.3, 0.4) is 0 Å². The molecule has 224 valence electrons. The molecule has 3 heteroatoms. The van der Waals surface area contributed by atoms with Crippen LogP contribution >= 0.6 is 0 Å². The SMILES string of the molecule is [2H]c1c([2H])c([2H])c(-c2ccc(-c3cccc(-c4nc(-c5ccccc5)nc(-c5cccc6ccc7ccccc7c56)n4)c3)c3ccccc23)c([2H])c1[2H]. The molecule has 9 rings (SSSR count). The summed E-state index contributed by atoms with van der Waals surface area (Å²) >= 11 is 0. The minimum absolute atomic E-state index is 0.180. The summed E-state index contributed by atoms with van der Waals surface area (Å²) in [6.07, 6.45) is 0. The molecule has 0 saturated heterocycles. The fraction of sp³-hybridized carbons (Fsp3) is 0. The van der Waals surface area contributed by atoms with Crippen LogP contribution in [-0.4, -0.2) is 15.0 Å². The minimum Gasteiger partial charge on any atom is -0.208 e. The Bertz CT molecular complexity index is 2880. The highest BCUT2D eigenvalue weighted by atomic mass is 15.0. The molecule has 0 fully saturated rings. The van der Waals surface area contributed by atoms with Crippen LogP contribution < -0.4 is 0 Å². The first-order valence-corrected chi connectivity index (χ1v) is 15.8. The van der Waals surface area contributed by atoms with Crippen LogP contribution in [0, 0.1) is 0 Å². The lowest BCUT2D eigenvalue weighted by molar-refractivity contribution is 1.08. The first-order valence-electron chi connectivity index (χ1n) is 18.3. The number of fused-ring (bicyclic) bond motifs is 4. The van der Waals surface area contributed by atoms with E-state index in [1.54, 1.807) is 0 Å². The second kappa shape index (κ2) is 11.7. The van der Waals surface area contributed by atoms with E-state index in [0.717, 1.165) is 60.1 Å². The second-order valence-corrected chi connectivity index (χ2v) is 11.6. The molecule has 0 bridgehead atoms. The van der Waals surface area contributed by atoms with Gasteiger partial charge in [0.2, 0.25) is 0 Å². The fourth-order valence-electron chi connectivity index (χ4n) is 6.57. The number of nitrogens with zero attached hydrogens (tertiary/aromatic N) is 3. The van der Waals surface area contributed by atoms with E-state index in [1.165, 1.54) is 0 Å². The molecule has 1 heterocycles. The maximum atomic E-state index is 8.64. The molecule has 48 heavy (non-hydrogen) atoms. The molecule has 8 aromatic carbocycles. The van der Waals surface area contributed by atoms with Crippen molar-refractivity contribution in [3.8, 4) is 56.4 Å². The topological polar surface area (TPSA) is 38.7 Å². The molecule has 0 spiro atoms.